The van der Waals surface area contributed by atoms with Gasteiger partial charge in [0.15, 0.2) is 0 Å². The Hall–Kier alpha value is -2.32. The topological polar surface area (TPSA) is 109 Å². The highest BCUT2D eigenvalue weighted by Crippen LogP contribution is 2.20. The van der Waals surface area contributed by atoms with E-state index in [-0.39, 0.29) is 11.6 Å². The first-order valence-electron chi connectivity index (χ1n) is 7.55. The number of para-hydroxylation sites is 1. The molecule has 1 aliphatic rings. The zero-order chi connectivity index (χ0) is 16.8. The van der Waals surface area contributed by atoms with Gasteiger partial charge in [0.25, 0.3) is 5.69 Å². The summed E-state index contributed by atoms with van der Waals surface area (Å²) in [5.41, 5.74) is 9.02. The highest BCUT2D eigenvalue weighted by atomic mass is 16.6. The van der Waals surface area contributed by atoms with Crippen molar-refractivity contribution in [3.05, 3.63) is 39.9 Å². The van der Waals surface area contributed by atoms with Crippen LogP contribution in [0.15, 0.2) is 29.4 Å². The molecule has 1 heterocycles. The quantitative estimate of drug-likeness (QED) is 0.416. The van der Waals surface area contributed by atoms with Crippen LogP contribution in [0.5, 0.6) is 0 Å². The molecular weight excluding hydrogens is 298 g/mol. The summed E-state index contributed by atoms with van der Waals surface area (Å²) in [6.45, 7) is 4.15. The minimum Gasteiger partial charge on any atom is -0.273 e. The summed E-state index contributed by atoms with van der Waals surface area (Å²) in [4.78, 5) is 22.2. The molecule has 0 radical (unpaired) electrons. The van der Waals surface area contributed by atoms with E-state index >= 15 is 0 Å². The zero-order valence-corrected chi connectivity index (χ0v) is 13.2. The number of benzene rings is 1. The average Bonchev–Trinajstić information content (AvgIpc) is 2.84. The lowest BCUT2D eigenvalue weighted by atomic mass is 9.91. The molecule has 0 spiro atoms. The van der Waals surface area contributed by atoms with E-state index in [4.69, 9.17) is 0 Å². The Kier molecular flexibility index (Phi) is 5.78. The van der Waals surface area contributed by atoms with Crippen LogP contribution in [0.3, 0.4) is 0 Å². The molecule has 23 heavy (non-hydrogen) atoms. The summed E-state index contributed by atoms with van der Waals surface area (Å²) >= 11 is 0. The Balaban J connectivity index is 1.84. The molecule has 1 aromatic carbocycles. The van der Waals surface area contributed by atoms with Gasteiger partial charge in [-0.3, -0.25) is 25.8 Å². The van der Waals surface area contributed by atoms with Crippen LogP contribution >= 0.6 is 0 Å². The number of amides is 1. The van der Waals surface area contributed by atoms with Crippen LogP contribution in [0.4, 0.5) is 5.69 Å². The fraction of sp³-hybridized carbons (Fsp3) is 0.467. The third-order valence-corrected chi connectivity index (χ3v) is 4.05. The van der Waals surface area contributed by atoms with Crippen LogP contribution in [-0.2, 0) is 4.79 Å². The second-order valence-electron chi connectivity index (χ2n) is 5.68. The molecule has 3 N–H and O–H groups in total. The van der Waals surface area contributed by atoms with Gasteiger partial charge in [0, 0.05) is 24.6 Å². The number of nitrogens with zero attached hydrogens (tertiary/aromatic N) is 2. The Labute approximate surface area is 134 Å². The molecule has 2 rings (SSSR count). The monoisotopic (exact) mass is 319 g/mol. The highest BCUT2D eigenvalue weighted by molar-refractivity contribution is 5.86. The molecule has 0 bridgehead atoms. The van der Waals surface area contributed by atoms with Crippen molar-refractivity contribution in [1.29, 1.82) is 0 Å². The Morgan fingerprint density at radius 2 is 2.00 bits per heavy atom. The molecule has 1 aromatic rings. The Morgan fingerprint density at radius 1 is 1.35 bits per heavy atom. The number of hydrazone groups is 1. The molecular formula is C15H21N5O3. The molecule has 2 unspecified atom stereocenters. The van der Waals surface area contributed by atoms with Gasteiger partial charge < -0.3 is 0 Å². The van der Waals surface area contributed by atoms with Crippen molar-refractivity contribution in [3.63, 3.8) is 0 Å². The van der Waals surface area contributed by atoms with E-state index < -0.39 is 4.92 Å². The zero-order valence-electron chi connectivity index (χ0n) is 13.2. The standard InChI is InChI=1S/C15H21N5O3/c1-10-13(11(2)18-17-10)7-8-15(21)19-16-9-12-5-3-4-6-14(12)20(22)23/h3-6,9-11,13,17-18H,7-8H2,1-2H3,(H,19,21)/b16-9+. The predicted octanol–water partition coefficient (Wildman–Crippen LogP) is 1.33. The largest absolute Gasteiger partial charge is 0.278 e. The number of nitro groups is 1. The van der Waals surface area contributed by atoms with Crippen molar-refractivity contribution in [3.8, 4) is 0 Å². The van der Waals surface area contributed by atoms with Crippen molar-refractivity contribution in [2.75, 3.05) is 0 Å². The van der Waals surface area contributed by atoms with E-state index in [0.717, 1.165) is 6.42 Å². The molecule has 0 aliphatic carbocycles. The van der Waals surface area contributed by atoms with Gasteiger partial charge >= 0.3 is 0 Å². The van der Waals surface area contributed by atoms with Crippen LogP contribution in [0.25, 0.3) is 0 Å². The van der Waals surface area contributed by atoms with E-state index in [1.165, 1.54) is 12.3 Å². The van der Waals surface area contributed by atoms with Crippen LogP contribution in [-0.4, -0.2) is 29.1 Å². The van der Waals surface area contributed by atoms with Crippen molar-refractivity contribution >= 4 is 17.8 Å². The third kappa shape index (κ3) is 4.57. The van der Waals surface area contributed by atoms with E-state index in [9.17, 15) is 14.9 Å². The SMILES string of the molecule is CC1NNC(C)C1CCC(=O)N/N=C/c1ccccc1[N+](=O)[O-]. The fourth-order valence-corrected chi connectivity index (χ4v) is 2.70. The summed E-state index contributed by atoms with van der Waals surface area (Å²) < 4.78 is 0. The van der Waals surface area contributed by atoms with E-state index in [1.807, 2.05) is 0 Å². The van der Waals surface area contributed by atoms with Crippen molar-refractivity contribution in [2.24, 2.45) is 11.0 Å². The summed E-state index contributed by atoms with van der Waals surface area (Å²) in [5, 5.41) is 14.7. The number of hydrazine groups is 1. The number of nitrogens with one attached hydrogen (secondary N) is 3. The number of rotatable bonds is 6. The molecule has 1 fully saturated rings. The molecule has 1 saturated heterocycles. The average molecular weight is 319 g/mol. The van der Waals surface area contributed by atoms with Gasteiger partial charge in [0.05, 0.1) is 16.7 Å². The van der Waals surface area contributed by atoms with Crippen LogP contribution in [0, 0.1) is 16.0 Å². The predicted molar refractivity (Wildman–Crippen MR) is 86.8 cm³/mol. The first-order chi connectivity index (χ1) is 11.0. The summed E-state index contributed by atoms with van der Waals surface area (Å²) in [7, 11) is 0. The summed E-state index contributed by atoms with van der Waals surface area (Å²) in [6.07, 6.45) is 2.39. The van der Waals surface area contributed by atoms with Gasteiger partial charge in [0.2, 0.25) is 5.91 Å². The smallest absolute Gasteiger partial charge is 0.273 e. The van der Waals surface area contributed by atoms with Gasteiger partial charge in [-0.1, -0.05) is 12.1 Å². The minimum absolute atomic E-state index is 0.0451. The lowest BCUT2D eigenvalue weighted by molar-refractivity contribution is -0.385. The van der Waals surface area contributed by atoms with E-state index in [1.54, 1.807) is 18.2 Å². The highest BCUT2D eigenvalue weighted by Gasteiger charge is 2.29. The van der Waals surface area contributed by atoms with E-state index in [0.29, 0.717) is 30.0 Å². The molecule has 0 saturated carbocycles. The molecule has 1 amide bonds. The Morgan fingerprint density at radius 3 is 2.65 bits per heavy atom. The molecule has 0 aromatic heterocycles. The maximum atomic E-state index is 11.8. The van der Waals surface area contributed by atoms with Crippen molar-refractivity contribution in [2.45, 2.75) is 38.8 Å². The molecule has 8 heteroatoms. The number of hydrogen-bond acceptors (Lipinski definition) is 6. The second kappa shape index (κ2) is 7.80. The molecule has 124 valence electrons. The van der Waals surface area contributed by atoms with Gasteiger partial charge in [-0.15, -0.1) is 0 Å². The second-order valence-corrected chi connectivity index (χ2v) is 5.68. The summed E-state index contributed by atoms with van der Waals surface area (Å²) in [6, 6.07) is 6.86. The third-order valence-electron chi connectivity index (χ3n) is 4.05. The van der Waals surface area contributed by atoms with Crippen molar-refractivity contribution in [1.82, 2.24) is 16.3 Å². The lowest BCUT2D eigenvalue weighted by Gasteiger charge is -2.16. The van der Waals surface area contributed by atoms with Gasteiger partial charge in [0.1, 0.15) is 0 Å². The van der Waals surface area contributed by atoms with E-state index in [2.05, 4.69) is 35.2 Å². The summed E-state index contributed by atoms with van der Waals surface area (Å²) in [5.74, 6) is 0.172. The molecule has 8 nitrogen and oxygen atoms in total. The molecule has 1 aliphatic heterocycles. The number of carbonyl (C=O) groups excluding carboxylic acids is 1. The number of nitro benzene ring substituents is 1. The van der Waals surface area contributed by atoms with Gasteiger partial charge in [-0.2, -0.15) is 5.10 Å². The number of carbonyl (C=O) groups is 1. The van der Waals surface area contributed by atoms with Crippen molar-refractivity contribution < 1.29 is 9.72 Å². The lowest BCUT2D eigenvalue weighted by Crippen LogP contribution is -2.30. The maximum Gasteiger partial charge on any atom is 0.278 e. The van der Waals surface area contributed by atoms with Crippen LogP contribution in [0.2, 0.25) is 0 Å². The maximum absolute atomic E-state index is 11.8. The van der Waals surface area contributed by atoms with Gasteiger partial charge in [-0.25, -0.2) is 5.43 Å². The van der Waals surface area contributed by atoms with Crippen LogP contribution < -0.4 is 16.3 Å². The van der Waals surface area contributed by atoms with Crippen LogP contribution in [0.1, 0.15) is 32.3 Å². The first kappa shape index (κ1) is 17.0. The van der Waals surface area contributed by atoms with Gasteiger partial charge in [-0.05, 0) is 32.3 Å². The molecule has 2 atom stereocenters. The number of hydrogen-bond donors (Lipinski definition) is 3. The first-order valence-corrected chi connectivity index (χ1v) is 7.55. The fourth-order valence-electron chi connectivity index (χ4n) is 2.70. The Bertz CT molecular complexity index is 595. The minimum atomic E-state index is -0.480. The normalized spacial score (nSPS) is 24.0.